The van der Waals surface area contributed by atoms with E-state index in [0.717, 1.165) is 11.1 Å². The Balaban J connectivity index is 1.87. The van der Waals surface area contributed by atoms with Gasteiger partial charge in [0.1, 0.15) is 23.1 Å². The van der Waals surface area contributed by atoms with Crippen molar-refractivity contribution in [2.75, 3.05) is 34.4 Å². The molecular formula is C21H21BrFNO4. The summed E-state index contributed by atoms with van der Waals surface area (Å²) in [6.07, 6.45) is 2.55. The van der Waals surface area contributed by atoms with Crippen molar-refractivity contribution in [2.24, 2.45) is 0 Å². The van der Waals surface area contributed by atoms with E-state index in [1.165, 1.54) is 12.1 Å². The summed E-state index contributed by atoms with van der Waals surface area (Å²) in [5, 5.41) is 0. The maximum Gasteiger partial charge on any atom is 0.257 e. The Morgan fingerprint density at radius 3 is 2.25 bits per heavy atom. The Morgan fingerprint density at radius 1 is 1.07 bits per heavy atom. The second-order valence-corrected chi connectivity index (χ2v) is 7.18. The van der Waals surface area contributed by atoms with Crippen LogP contribution in [0.5, 0.6) is 17.2 Å². The molecule has 0 saturated heterocycles. The van der Waals surface area contributed by atoms with Gasteiger partial charge in [0.15, 0.2) is 0 Å². The van der Waals surface area contributed by atoms with Crippen LogP contribution in [-0.2, 0) is 0 Å². The Labute approximate surface area is 171 Å². The number of hydrogen-bond acceptors (Lipinski definition) is 4. The third-order valence-electron chi connectivity index (χ3n) is 4.69. The van der Waals surface area contributed by atoms with Gasteiger partial charge in [-0.3, -0.25) is 4.79 Å². The van der Waals surface area contributed by atoms with Crippen molar-refractivity contribution in [3.05, 3.63) is 57.8 Å². The number of benzene rings is 2. The fourth-order valence-corrected chi connectivity index (χ4v) is 3.57. The zero-order valence-electron chi connectivity index (χ0n) is 15.9. The highest BCUT2D eigenvalue weighted by Crippen LogP contribution is 2.41. The number of carbonyl (C=O) groups excluding carboxylic acids is 1. The molecule has 1 amide bonds. The molecule has 2 aromatic carbocycles. The molecule has 0 atom stereocenters. The minimum absolute atomic E-state index is 0.0691. The van der Waals surface area contributed by atoms with Crippen LogP contribution in [0, 0.1) is 5.82 Å². The van der Waals surface area contributed by atoms with Crippen LogP contribution in [0.1, 0.15) is 22.3 Å². The van der Waals surface area contributed by atoms with Crippen LogP contribution in [0.3, 0.4) is 0 Å². The lowest BCUT2D eigenvalue weighted by Crippen LogP contribution is -2.35. The van der Waals surface area contributed by atoms with Crippen molar-refractivity contribution in [3.63, 3.8) is 0 Å². The molecule has 7 heteroatoms. The monoisotopic (exact) mass is 449 g/mol. The molecule has 148 valence electrons. The van der Waals surface area contributed by atoms with Crippen LogP contribution in [0.25, 0.3) is 5.57 Å². The first-order chi connectivity index (χ1) is 13.5. The van der Waals surface area contributed by atoms with E-state index in [0.29, 0.717) is 41.2 Å². The maximum atomic E-state index is 14.1. The van der Waals surface area contributed by atoms with E-state index in [-0.39, 0.29) is 11.5 Å². The van der Waals surface area contributed by atoms with Crippen molar-refractivity contribution in [2.45, 2.75) is 6.42 Å². The molecule has 5 nitrogen and oxygen atoms in total. The van der Waals surface area contributed by atoms with Gasteiger partial charge in [-0.15, -0.1) is 0 Å². The molecule has 0 spiro atoms. The van der Waals surface area contributed by atoms with Gasteiger partial charge in [0, 0.05) is 29.7 Å². The first-order valence-corrected chi connectivity index (χ1v) is 9.51. The molecule has 0 N–H and O–H groups in total. The van der Waals surface area contributed by atoms with Crippen LogP contribution < -0.4 is 14.2 Å². The molecule has 0 saturated carbocycles. The predicted octanol–water partition coefficient (Wildman–Crippen LogP) is 4.54. The topological polar surface area (TPSA) is 48.0 Å². The van der Waals surface area contributed by atoms with E-state index in [4.69, 9.17) is 14.2 Å². The first-order valence-electron chi connectivity index (χ1n) is 8.72. The third kappa shape index (κ3) is 3.99. The third-order valence-corrected chi connectivity index (χ3v) is 5.19. The zero-order chi connectivity index (χ0) is 20.3. The fourth-order valence-electron chi connectivity index (χ4n) is 3.24. The summed E-state index contributed by atoms with van der Waals surface area (Å²) in [6.45, 7) is 0.848. The summed E-state index contributed by atoms with van der Waals surface area (Å²) in [6, 6.07) is 8.05. The van der Waals surface area contributed by atoms with Gasteiger partial charge in [-0.2, -0.15) is 0 Å². The summed E-state index contributed by atoms with van der Waals surface area (Å²) >= 11 is 3.21. The van der Waals surface area contributed by atoms with Gasteiger partial charge in [-0.1, -0.05) is 22.0 Å². The minimum atomic E-state index is -0.535. The highest BCUT2D eigenvalue weighted by Gasteiger charge is 2.25. The van der Waals surface area contributed by atoms with Gasteiger partial charge in [-0.05, 0) is 30.2 Å². The second-order valence-electron chi connectivity index (χ2n) is 6.26. The summed E-state index contributed by atoms with van der Waals surface area (Å²) in [7, 11) is 4.76. The van der Waals surface area contributed by atoms with Crippen LogP contribution in [0.15, 0.2) is 40.9 Å². The van der Waals surface area contributed by atoms with Crippen LogP contribution in [-0.4, -0.2) is 45.2 Å². The normalized spacial score (nSPS) is 13.8. The van der Waals surface area contributed by atoms with Crippen LogP contribution in [0.2, 0.25) is 0 Å². The number of rotatable bonds is 5. The van der Waals surface area contributed by atoms with E-state index in [2.05, 4.69) is 15.9 Å². The van der Waals surface area contributed by atoms with E-state index < -0.39 is 5.82 Å². The Kier molecular flexibility index (Phi) is 6.24. The smallest absolute Gasteiger partial charge is 0.257 e. The maximum absolute atomic E-state index is 14.1. The van der Waals surface area contributed by atoms with E-state index >= 15 is 0 Å². The minimum Gasteiger partial charge on any atom is -0.496 e. The van der Waals surface area contributed by atoms with Gasteiger partial charge in [0.25, 0.3) is 5.91 Å². The Hall–Kier alpha value is -2.54. The quantitative estimate of drug-likeness (QED) is 0.671. The van der Waals surface area contributed by atoms with Crippen LogP contribution in [0.4, 0.5) is 4.39 Å². The molecule has 0 fully saturated rings. The van der Waals surface area contributed by atoms with Crippen LogP contribution >= 0.6 is 15.9 Å². The molecule has 2 aromatic rings. The van der Waals surface area contributed by atoms with Crippen molar-refractivity contribution < 1.29 is 23.4 Å². The number of hydrogen-bond donors (Lipinski definition) is 0. The van der Waals surface area contributed by atoms with Crippen molar-refractivity contribution in [1.29, 1.82) is 0 Å². The highest BCUT2D eigenvalue weighted by atomic mass is 79.9. The van der Waals surface area contributed by atoms with Gasteiger partial charge < -0.3 is 19.1 Å². The van der Waals surface area contributed by atoms with E-state index in [1.54, 1.807) is 44.4 Å². The molecule has 0 radical (unpaired) electrons. The first kappa shape index (κ1) is 20.2. The lowest BCUT2D eigenvalue weighted by atomic mass is 9.96. The number of methoxy groups -OCH3 is 3. The molecular weight excluding hydrogens is 429 g/mol. The van der Waals surface area contributed by atoms with Gasteiger partial charge in [0.05, 0.1) is 32.5 Å². The number of ether oxygens (including phenoxy) is 3. The average molecular weight is 450 g/mol. The lowest BCUT2D eigenvalue weighted by molar-refractivity contribution is 0.0768. The molecule has 0 unspecified atom stereocenters. The van der Waals surface area contributed by atoms with E-state index in [1.807, 2.05) is 6.08 Å². The lowest BCUT2D eigenvalue weighted by Gasteiger charge is -2.28. The number of amides is 1. The molecule has 28 heavy (non-hydrogen) atoms. The highest BCUT2D eigenvalue weighted by molar-refractivity contribution is 9.10. The standard InChI is InChI=1S/C21H21BrFNO4/c1-26-15-11-18(27-2)20(19(12-15)28-3)13-6-8-24(9-7-13)21(25)16-5-4-14(22)10-17(16)23/h4-6,10-12H,7-9H2,1-3H3. The van der Waals surface area contributed by atoms with Gasteiger partial charge in [0.2, 0.25) is 0 Å². The summed E-state index contributed by atoms with van der Waals surface area (Å²) in [5.41, 5.74) is 1.92. The Bertz CT molecular complexity index is 904. The second kappa shape index (κ2) is 8.65. The largest absolute Gasteiger partial charge is 0.496 e. The number of nitrogens with zero attached hydrogens (tertiary/aromatic N) is 1. The summed E-state index contributed by atoms with van der Waals surface area (Å²) < 4.78 is 31.1. The predicted molar refractivity (Wildman–Crippen MR) is 109 cm³/mol. The molecule has 3 rings (SSSR count). The Morgan fingerprint density at radius 2 is 1.75 bits per heavy atom. The summed E-state index contributed by atoms with van der Waals surface area (Å²) in [5.74, 6) is 1.06. The molecule has 0 aliphatic carbocycles. The molecule has 1 aliphatic rings. The summed E-state index contributed by atoms with van der Waals surface area (Å²) in [4.78, 5) is 14.3. The SMILES string of the molecule is COc1cc(OC)c(C2=CCN(C(=O)c3ccc(Br)cc3F)CC2)c(OC)c1. The van der Waals surface area contributed by atoms with E-state index in [9.17, 15) is 9.18 Å². The van der Waals surface area contributed by atoms with Gasteiger partial charge >= 0.3 is 0 Å². The molecule has 0 bridgehead atoms. The van der Waals surface area contributed by atoms with Crippen molar-refractivity contribution >= 4 is 27.4 Å². The molecule has 1 heterocycles. The molecule has 0 aromatic heterocycles. The van der Waals surface area contributed by atoms with Crippen molar-refractivity contribution in [3.8, 4) is 17.2 Å². The number of carbonyl (C=O) groups is 1. The van der Waals surface area contributed by atoms with Gasteiger partial charge in [-0.25, -0.2) is 4.39 Å². The average Bonchev–Trinajstić information content (AvgIpc) is 2.72. The zero-order valence-corrected chi connectivity index (χ0v) is 17.5. The molecule has 1 aliphatic heterocycles. The van der Waals surface area contributed by atoms with Crippen molar-refractivity contribution in [1.82, 2.24) is 4.90 Å². The fraction of sp³-hybridized carbons (Fsp3) is 0.286. The number of halogens is 2.